The van der Waals surface area contributed by atoms with Crippen LogP contribution in [0.5, 0.6) is 0 Å². The Morgan fingerprint density at radius 2 is 1.74 bits per heavy atom. The monoisotopic (exact) mass is 356 g/mol. The van der Waals surface area contributed by atoms with Crippen LogP contribution in [0.4, 0.5) is 13.2 Å². The van der Waals surface area contributed by atoms with Crippen molar-refractivity contribution in [2.75, 3.05) is 5.75 Å². The number of sulfone groups is 1. The minimum Gasteiger partial charge on any atom is -0.228 e. The second kappa shape index (κ2) is 5.44. The summed E-state index contributed by atoms with van der Waals surface area (Å²) in [6.07, 6.45) is 1.69. The van der Waals surface area contributed by atoms with Gasteiger partial charge < -0.3 is 0 Å². The van der Waals surface area contributed by atoms with E-state index in [4.69, 9.17) is 0 Å². The van der Waals surface area contributed by atoms with E-state index in [1.54, 1.807) is 0 Å². The first-order valence-electron chi connectivity index (χ1n) is 5.83. The van der Waals surface area contributed by atoms with E-state index >= 15 is 0 Å². The number of halogens is 4. The Kier molecular flexibility index (Phi) is 4.25. The lowest BCUT2D eigenvalue weighted by atomic mass is 10.0. The molecule has 7 heteroatoms. The lowest BCUT2D eigenvalue weighted by Crippen LogP contribution is -2.32. The predicted molar refractivity (Wildman–Crippen MR) is 69.4 cm³/mol. The topological polar surface area (TPSA) is 34.1 Å². The van der Waals surface area contributed by atoms with Crippen molar-refractivity contribution in [2.24, 2.45) is 0 Å². The largest absolute Gasteiger partial charge is 0.228 e. The molecule has 2 unspecified atom stereocenters. The zero-order valence-corrected chi connectivity index (χ0v) is 12.3. The third-order valence-corrected chi connectivity index (χ3v) is 7.06. The Labute approximate surface area is 118 Å². The van der Waals surface area contributed by atoms with Crippen molar-refractivity contribution >= 4 is 25.8 Å². The van der Waals surface area contributed by atoms with Crippen LogP contribution in [-0.4, -0.2) is 19.4 Å². The van der Waals surface area contributed by atoms with Crippen LogP contribution in [0.1, 0.15) is 29.7 Å². The molecule has 1 aliphatic rings. The Balaban J connectivity index is 2.39. The maximum atomic E-state index is 13.7. The van der Waals surface area contributed by atoms with E-state index < -0.39 is 37.4 Å². The number of alkyl halides is 1. The highest BCUT2D eigenvalue weighted by molar-refractivity contribution is 9.09. The second-order valence-electron chi connectivity index (χ2n) is 4.59. The summed E-state index contributed by atoms with van der Waals surface area (Å²) in [6.45, 7) is 0. The summed E-state index contributed by atoms with van der Waals surface area (Å²) in [7, 11) is -3.34. The Hall–Kier alpha value is -0.560. The summed E-state index contributed by atoms with van der Waals surface area (Å²) in [6, 6.07) is 1.16. The van der Waals surface area contributed by atoms with Crippen LogP contribution in [0.2, 0.25) is 0 Å². The fourth-order valence-electron chi connectivity index (χ4n) is 2.26. The molecule has 0 aromatic heterocycles. The summed E-state index contributed by atoms with van der Waals surface area (Å²) in [5, 5.41) is -0.805. The van der Waals surface area contributed by atoms with Crippen LogP contribution in [0.15, 0.2) is 12.1 Å². The Morgan fingerprint density at radius 1 is 1.11 bits per heavy atom. The van der Waals surface area contributed by atoms with Crippen LogP contribution in [0.25, 0.3) is 0 Å². The SMILES string of the molecule is O=S1(=O)CCCCC1C(Br)c1cc(F)c(F)cc1F. The van der Waals surface area contributed by atoms with E-state index in [0.29, 0.717) is 25.0 Å². The molecule has 0 spiro atoms. The fraction of sp³-hybridized carbons (Fsp3) is 0.500. The zero-order valence-electron chi connectivity index (χ0n) is 9.87. The van der Waals surface area contributed by atoms with Crippen LogP contribution in [0.3, 0.4) is 0 Å². The molecule has 0 amide bonds. The van der Waals surface area contributed by atoms with Crippen LogP contribution < -0.4 is 0 Å². The molecule has 2 rings (SSSR count). The number of rotatable bonds is 2. The molecule has 1 heterocycles. The normalized spacial score (nSPS) is 24.1. The number of hydrogen-bond acceptors (Lipinski definition) is 2. The molecule has 19 heavy (non-hydrogen) atoms. The van der Waals surface area contributed by atoms with Gasteiger partial charge in [0.1, 0.15) is 5.82 Å². The lowest BCUT2D eigenvalue weighted by molar-refractivity contribution is 0.485. The van der Waals surface area contributed by atoms with Crippen LogP contribution >= 0.6 is 15.9 Å². The molecule has 0 aliphatic carbocycles. The summed E-state index contributed by atoms with van der Waals surface area (Å²) < 4.78 is 63.6. The first kappa shape index (κ1) is 14.8. The van der Waals surface area contributed by atoms with Gasteiger partial charge >= 0.3 is 0 Å². The molecule has 0 N–H and O–H groups in total. The maximum Gasteiger partial charge on any atom is 0.161 e. The highest BCUT2D eigenvalue weighted by Crippen LogP contribution is 2.38. The molecule has 1 aromatic carbocycles. The van der Waals surface area contributed by atoms with Crippen molar-refractivity contribution < 1.29 is 21.6 Å². The molecule has 0 radical (unpaired) electrons. The molecule has 1 aliphatic heterocycles. The van der Waals surface area contributed by atoms with Gasteiger partial charge in [-0.1, -0.05) is 22.4 Å². The van der Waals surface area contributed by atoms with Crippen LogP contribution in [0, 0.1) is 17.5 Å². The summed E-state index contributed by atoms with van der Waals surface area (Å²) in [4.78, 5) is -0.868. The quantitative estimate of drug-likeness (QED) is 0.600. The standard InChI is InChI=1S/C12H12BrF3O2S/c13-12(11-3-1-2-4-19(11,17)18)7-5-9(15)10(16)6-8(7)14/h5-6,11-12H,1-4H2. The first-order chi connectivity index (χ1) is 8.83. The van der Waals surface area contributed by atoms with Crippen molar-refractivity contribution in [3.63, 3.8) is 0 Å². The van der Waals surface area contributed by atoms with Crippen molar-refractivity contribution in [3.05, 3.63) is 35.1 Å². The molecule has 0 bridgehead atoms. The van der Waals surface area contributed by atoms with Gasteiger partial charge in [-0.3, -0.25) is 0 Å². The van der Waals surface area contributed by atoms with Crippen molar-refractivity contribution in [1.82, 2.24) is 0 Å². The number of hydrogen-bond donors (Lipinski definition) is 0. The van der Waals surface area contributed by atoms with Crippen LogP contribution in [-0.2, 0) is 9.84 Å². The van der Waals surface area contributed by atoms with Gasteiger partial charge in [0, 0.05) is 11.6 Å². The molecule has 2 atom stereocenters. The average molecular weight is 357 g/mol. The Morgan fingerprint density at radius 3 is 2.37 bits per heavy atom. The van der Waals surface area contributed by atoms with E-state index in [2.05, 4.69) is 15.9 Å². The highest BCUT2D eigenvalue weighted by atomic mass is 79.9. The fourth-order valence-corrected chi connectivity index (χ4v) is 5.81. The molecule has 0 saturated carbocycles. The van der Waals surface area contributed by atoms with Gasteiger partial charge in [-0.2, -0.15) is 0 Å². The summed E-state index contributed by atoms with van der Waals surface area (Å²) in [5.41, 5.74) is -0.158. The van der Waals surface area contributed by atoms with E-state index in [9.17, 15) is 21.6 Å². The van der Waals surface area contributed by atoms with Gasteiger partial charge in [0.25, 0.3) is 0 Å². The molecular weight excluding hydrogens is 345 g/mol. The summed E-state index contributed by atoms with van der Waals surface area (Å²) in [5.74, 6) is -3.37. The second-order valence-corrected chi connectivity index (χ2v) is 7.92. The minimum absolute atomic E-state index is 0.0467. The van der Waals surface area contributed by atoms with Gasteiger partial charge in [0.15, 0.2) is 21.5 Å². The molecule has 1 aromatic rings. The smallest absolute Gasteiger partial charge is 0.161 e. The minimum atomic E-state index is -3.34. The van der Waals surface area contributed by atoms with Crippen molar-refractivity contribution in [2.45, 2.75) is 29.3 Å². The molecular formula is C12H12BrF3O2S. The Bertz CT molecular complexity index is 589. The molecule has 106 valence electrons. The average Bonchev–Trinajstić information content (AvgIpc) is 2.32. The zero-order chi connectivity index (χ0) is 14.2. The third-order valence-electron chi connectivity index (χ3n) is 3.29. The maximum absolute atomic E-state index is 13.7. The van der Waals surface area contributed by atoms with E-state index in [-0.39, 0.29) is 11.3 Å². The molecule has 2 nitrogen and oxygen atoms in total. The van der Waals surface area contributed by atoms with E-state index in [0.717, 1.165) is 6.42 Å². The van der Waals surface area contributed by atoms with Gasteiger partial charge in [-0.05, 0) is 18.9 Å². The molecule has 1 fully saturated rings. The van der Waals surface area contributed by atoms with E-state index in [1.165, 1.54) is 0 Å². The number of benzene rings is 1. The highest BCUT2D eigenvalue weighted by Gasteiger charge is 2.36. The van der Waals surface area contributed by atoms with Crippen molar-refractivity contribution in [1.29, 1.82) is 0 Å². The van der Waals surface area contributed by atoms with Crippen molar-refractivity contribution in [3.8, 4) is 0 Å². The predicted octanol–water partition coefficient (Wildman–Crippen LogP) is 3.51. The summed E-state index contributed by atoms with van der Waals surface area (Å²) >= 11 is 3.12. The van der Waals surface area contributed by atoms with Gasteiger partial charge in [-0.25, -0.2) is 21.6 Å². The lowest BCUT2D eigenvalue weighted by Gasteiger charge is -2.27. The van der Waals surface area contributed by atoms with Gasteiger partial charge in [-0.15, -0.1) is 0 Å². The third kappa shape index (κ3) is 2.97. The van der Waals surface area contributed by atoms with Gasteiger partial charge in [0.05, 0.1) is 15.8 Å². The van der Waals surface area contributed by atoms with E-state index in [1.807, 2.05) is 0 Å². The molecule has 1 saturated heterocycles. The van der Waals surface area contributed by atoms with Gasteiger partial charge in [0.2, 0.25) is 0 Å². The first-order valence-corrected chi connectivity index (χ1v) is 8.46.